The van der Waals surface area contributed by atoms with Crippen LogP contribution in [0, 0.1) is 17.7 Å². The molecule has 0 aliphatic heterocycles. The van der Waals surface area contributed by atoms with Crippen LogP contribution in [0.15, 0.2) is 36.5 Å². The molecule has 1 aromatic heterocycles. The summed E-state index contributed by atoms with van der Waals surface area (Å²) in [5, 5.41) is 0. The molecule has 0 amide bonds. The highest BCUT2D eigenvalue weighted by molar-refractivity contribution is 5.99. The highest BCUT2D eigenvalue weighted by atomic mass is 19.1. The number of benzene rings is 1. The van der Waals surface area contributed by atoms with Gasteiger partial charge in [0.25, 0.3) is 0 Å². The van der Waals surface area contributed by atoms with E-state index in [4.69, 9.17) is 18.9 Å². The average molecular weight is 488 g/mol. The zero-order chi connectivity index (χ0) is 25.5. The zero-order valence-corrected chi connectivity index (χ0v) is 20.3. The van der Waals surface area contributed by atoms with E-state index in [2.05, 4.69) is 4.98 Å². The van der Waals surface area contributed by atoms with E-state index < -0.39 is 36.5 Å². The van der Waals surface area contributed by atoms with Crippen LogP contribution in [0.25, 0.3) is 0 Å². The van der Waals surface area contributed by atoms with E-state index in [0.717, 1.165) is 18.4 Å². The summed E-state index contributed by atoms with van der Waals surface area (Å²) in [5.74, 6) is -1.96. The maximum atomic E-state index is 13.4. The Morgan fingerprint density at radius 1 is 1.11 bits per heavy atom. The summed E-state index contributed by atoms with van der Waals surface area (Å²) >= 11 is 0. The lowest BCUT2D eigenvalue weighted by atomic mass is 9.89. The third kappa shape index (κ3) is 7.00. The van der Waals surface area contributed by atoms with Gasteiger partial charge in [-0.1, -0.05) is 19.1 Å². The smallest absolute Gasteiger partial charge is 0.309 e. The van der Waals surface area contributed by atoms with E-state index in [1.807, 2.05) is 6.92 Å². The Morgan fingerprint density at radius 2 is 1.80 bits per heavy atom. The molecule has 2 aromatic rings. The number of ketones is 1. The number of carbonyl (C=O) groups is 3. The molecule has 1 saturated carbocycles. The fraction of sp³-hybridized carbons (Fsp3) is 0.462. The summed E-state index contributed by atoms with van der Waals surface area (Å²) < 4.78 is 34.5. The molecule has 9 heteroatoms. The highest BCUT2D eigenvalue weighted by Crippen LogP contribution is 2.45. The molecule has 0 saturated heterocycles. The van der Waals surface area contributed by atoms with Gasteiger partial charge in [-0.3, -0.25) is 14.4 Å². The number of hydrogen-bond donors (Lipinski definition) is 0. The molecule has 0 unspecified atom stereocenters. The fourth-order valence-electron chi connectivity index (χ4n) is 4.00. The Balaban J connectivity index is 1.66. The second-order valence-electron chi connectivity index (χ2n) is 8.67. The van der Waals surface area contributed by atoms with Crippen molar-refractivity contribution in [2.45, 2.75) is 52.1 Å². The molecule has 3 rings (SSSR count). The van der Waals surface area contributed by atoms with Crippen LogP contribution in [-0.2, 0) is 19.1 Å². The number of methoxy groups -OCH3 is 1. The maximum absolute atomic E-state index is 13.4. The number of esters is 2. The van der Waals surface area contributed by atoms with Crippen molar-refractivity contribution >= 4 is 17.7 Å². The number of nitrogens with zero attached hydrogens (tertiary/aromatic N) is 1. The van der Waals surface area contributed by atoms with Gasteiger partial charge in [0.1, 0.15) is 11.9 Å². The first-order valence-electron chi connectivity index (χ1n) is 11.5. The van der Waals surface area contributed by atoms with Gasteiger partial charge in [0.15, 0.2) is 23.0 Å². The van der Waals surface area contributed by atoms with Crippen molar-refractivity contribution < 1.29 is 37.7 Å². The normalized spacial score (nSPS) is 15.5. The molecule has 3 atom stereocenters. The molecule has 1 heterocycles. The molecular formula is C26H30FNO7. The van der Waals surface area contributed by atoms with Gasteiger partial charge in [0, 0.05) is 31.5 Å². The summed E-state index contributed by atoms with van der Waals surface area (Å²) in [7, 11) is 1.40. The molecular weight excluding hydrogens is 457 g/mol. The minimum absolute atomic E-state index is 0.0280. The fourth-order valence-corrected chi connectivity index (χ4v) is 4.00. The molecule has 0 spiro atoms. The Morgan fingerprint density at radius 3 is 2.40 bits per heavy atom. The maximum Gasteiger partial charge on any atom is 0.309 e. The van der Waals surface area contributed by atoms with Crippen LogP contribution >= 0.6 is 0 Å². The first-order chi connectivity index (χ1) is 16.7. The minimum Gasteiger partial charge on any atom is -0.493 e. The molecule has 35 heavy (non-hydrogen) atoms. The molecule has 8 nitrogen and oxygen atoms in total. The largest absolute Gasteiger partial charge is 0.493 e. The molecule has 1 aliphatic rings. The quantitative estimate of drug-likeness (QED) is 0.246. The molecule has 1 fully saturated rings. The zero-order valence-electron chi connectivity index (χ0n) is 20.3. The van der Waals surface area contributed by atoms with Gasteiger partial charge in [-0.2, -0.15) is 0 Å². The van der Waals surface area contributed by atoms with Crippen molar-refractivity contribution in [1.82, 2.24) is 4.98 Å². The van der Waals surface area contributed by atoms with Gasteiger partial charge in [0.2, 0.25) is 6.79 Å². The predicted molar refractivity (Wildman–Crippen MR) is 124 cm³/mol. The van der Waals surface area contributed by atoms with Gasteiger partial charge in [0.05, 0.1) is 13.0 Å². The van der Waals surface area contributed by atoms with Gasteiger partial charge < -0.3 is 18.9 Å². The molecule has 0 N–H and O–H groups in total. The monoisotopic (exact) mass is 487 g/mol. The van der Waals surface area contributed by atoms with E-state index in [0.29, 0.717) is 5.92 Å². The third-order valence-corrected chi connectivity index (χ3v) is 5.90. The predicted octanol–water partition coefficient (Wildman–Crippen LogP) is 4.46. The SMILES string of the molecule is COc1ccnc(C(=O)C[C@@H](C)C(=O)O[C@@H](C)[C@H](c2ccc(F)cc2)C2CC2)c1OCOC(C)=O. The average Bonchev–Trinajstić information content (AvgIpc) is 3.65. The Bertz CT molecular complexity index is 1050. The van der Waals surface area contributed by atoms with Crippen LogP contribution in [0.5, 0.6) is 11.5 Å². The second kappa shape index (κ2) is 11.8. The van der Waals surface area contributed by atoms with Crippen LogP contribution < -0.4 is 9.47 Å². The Kier molecular flexibility index (Phi) is 8.78. The number of carbonyl (C=O) groups excluding carboxylic acids is 3. The lowest BCUT2D eigenvalue weighted by Crippen LogP contribution is -2.28. The van der Waals surface area contributed by atoms with Crippen molar-refractivity contribution in [3.63, 3.8) is 0 Å². The minimum atomic E-state index is -0.743. The first kappa shape index (κ1) is 26.1. The lowest BCUT2D eigenvalue weighted by molar-refractivity contribution is -0.154. The van der Waals surface area contributed by atoms with Gasteiger partial charge in [-0.15, -0.1) is 0 Å². The van der Waals surface area contributed by atoms with Gasteiger partial charge in [-0.05, 0) is 43.4 Å². The van der Waals surface area contributed by atoms with E-state index in [9.17, 15) is 18.8 Å². The summed E-state index contributed by atoms with van der Waals surface area (Å²) in [4.78, 5) is 40.9. The van der Waals surface area contributed by atoms with Crippen molar-refractivity contribution in [2.24, 2.45) is 11.8 Å². The van der Waals surface area contributed by atoms with Crippen molar-refractivity contribution in [1.29, 1.82) is 0 Å². The number of Topliss-reactive ketones (excluding diaryl/α,β-unsaturated/α-hetero) is 1. The van der Waals surface area contributed by atoms with Crippen LogP contribution in [0.4, 0.5) is 4.39 Å². The number of ether oxygens (including phenoxy) is 4. The number of aromatic nitrogens is 1. The highest BCUT2D eigenvalue weighted by Gasteiger charge is 2.38. The van der Waals surface area contributed by atoms with Gasteiger partial charge >= 0.3 is 11.9 Å². The number of rotatable bonds is 12. The third-order valence-electron chi connectivity index (χ3n) is 5.90. The lowest BCUT2D eigenvalue weighted by Gasteiger charge is -2.26. The number of halogens is 1. The summed E-state index contributed by atoms with van der Waals surface area (Å²) in [5.41, 5.74) is 0.888. The molecule has 0 radical (unpaired) electrons. The summed E-state index contributed by atoms with van der Waals surface area (Å²) in [6.07, 6.45) is 2.83. The first-order valence-corrected chi connectivity index (χ1v) is 11.5. The van der Waals surface area contributed by atoms with Crippen molar-refractivity contribution in [2.75, 3.05) is 13.9 Å². The number of pyridine rings is 1. The molecule has 1 aliphatic carbocycles. The molecule has 0 bridgehead atoms. The van der Waals surface area contributed by atoms with Crippen molar-refractivity contribution in [3.8, 4) is 11.5 Å². The van der Waals surface area contributed by atoms with Crippen LogP contribution in [-0.4, -0.2) is 42.7 Å². The summed E-state index contributed by atoms with van der Waals surface area (Å²) in [6, 6.07) is 7.77. The topological polar surface area (TPSA) is 101 Å². The molecule has 1 aromatic carbocycles. The Hall–Kier alpha value is -3.49. The molecule has 188 valence electrons. The van der Waals surface area contributed by atoms with Crippen molar-refractivity contribution in [3.05, 3.63) is 53.6 Å². The van der Waals surface area contributed by atoms with E-state index in [1.54, 1.807) is 19.1 Å². The Labute approximate surface area is 203 Å². The summed E-state index contributed by atoms with van der Waals surface area (Å²) in [6.45, 7) is 4.24. The second-order valence-corrected chi connectivity index (χ2v) is 8.67. The van der Waals surface area contributed by atoms with E-state index in [1.165, 1.54) is 38.4 Å². The van der Waals surface area contributed by atoms with Crippen LogP contribution in [0.3, 0.4) is 0 Å². The standard InChI is InChI=1S/C26H30FNO7/c1-15(13-21(30)24-25(34-14-33-17(3)29)22(32-4)11-12-28-24)26(31)35-16(2)23(18-5-6-18)19-7-9-20(27)10-8-19/h7-12,15-16,18,23H,5-6,13-14H2,1-4H3/t15-,16+,23+/m1/s1. The number of hydrogen-bond acceptors (Lipinski definition) is 8. The van der Waals surface area contributed by atoms with E-state index in [-0.39, 0.29) is 35.3 Å². The van der Waals surface area contributed by atoms with Crippen LogP contribution in [0.1, 0.15) is 62.0 Å². The van der Waals surface area contributed by atoms with Crippen LogP contribution in [0.2, 0.25) is 0 Å². The van der Waals surface area contributed by atoms with E-state index >= 15 is 0 Å². The van der Waals surface area contributed by atoms with Gasteiger partial charge in [-0.25, -0.2) is 9.37 Å².